The Morgan fingerprint density at radius 1 is 0.947 bits per heavy atom. The second-order valence-corrected chi connectivity index (χ2v) is 6.08. The van der Waals surface area contributed by atoms with Crippen LogP contribution in [0.25, 0.3) is 0 Å². The molecule has 0 saturated carbocycles. The first-order valence-electron chi connectivity index (χ1n) is 7.44. The lowest BCUT2D eigenvalue weighted by Crippen LogP contribution is -2.29. The fraction of sp³-hybridized carbons (Fsp3) is 0.625. The predicted molar refractivity (Wildman–Crippen MR) is 82.4 cm³/mol. The van der Waals surface area contributed by atoms with Crippen LogP contribution in [0.5, 0.6) is 0 Å². The van der Waals surface area contributed by atoms with Crippen molar-refractivity contribution >= 4 is 12.6 Å². The minimum absolute atomic E-state index is 0.564. The first-order chi connectivity index (χ1) is 8.99. The quantitative estimate of drug-likeness (QED) is 0.707. The van der Waals surface area contributed by atoms with Crippen molar-refractivity contribution in [2.75, 3.05) is 0 Å². The molecular weight excluding hydrogens is 235 g/mol. The van der Waals surface area contributed by atoms with Crippen molar-refractivity contribution in [2.24, 2.45) is 11.8 Å². The van der Waals surface area contributed by atoms with Gasteiger partial charge >= 0.3 is 7.12 Å². The molecule has 19 heavy (non-hydrogen) atoms. The van der Waals surface area contributed by atoms with Crippen molar-refractivity contribution in [2.45, 2.75) is 52.9 Å². The molecule has 0 aliphatic heterocycles. The van der Waals surface area contributed by atoms with Gasteiger partial charge in [-0.15, -0.1) is 0 Å². The minimum atomic E-state index is -1.36. The third kappa shape index (κ3) is 6.79. The van der Waals surface area contributed by atoms with Gasteiger partial charge in [-0.05, 0) is 35.7 Å². The normalized spacial score (nSPS) is 12.7. The molecule has 3 heteroatoms. The molecule has 0 radical (unpaired) electrons. The van der Waals surface area contributed by atoms with Crippen molar-refractivity contribution in [1.82, 2.24) is 0 Å². The first-order valence-corrected chi connectivity index (χ1v) is 7.44. The van der Waals surface area contributed by atoms with Gasteiger partial charge in [0.15, 0.2) is 0 Å². The lowest BCUT2D eigenvalue weighted by molar-refractivity contribution is 0.425. The zero-order valence-corrected chi connectivity index (χ0v) is 12.5. The van der Waals surface area contributed by atoms with E-state index in [1.165, 1.54) is 31.2 Å². The van der Waals surface area contributed by atoms with E-state index in [4.69, 9.17) is 10.0 Å². The number of benzene rings is 1. The van der Waals surface area contributed by atoms with Crippen LogP contribution in [0.4, 0.5) is 0 Å². The summed E-state index contributed by atoms with van der Waals surface area (Å²) in [4.78, 5) is 0. The summed E-state index contributed by atoms with van der Waals surface area (Å²) in [5, 5.41) is 18.1. The Kier molecular flexibility index (Phi) is 7.18. The van der Waals surface area contributed by atoms with Gasteiger partial charge in [0.1, 0.15) is 0 Å². The van der Waals surface area contributed by atoms with E-state index < -0.39 is 7.12 Å². The summed E-state index contributed by atoms with van der Waals surface area (Å²) in [6.45, 7) is 6.88. The highest BCUT2D eigenvalue weighted by molar-refractivity contribution is 6.58. The highest BCUT2D eigenvalue weighted by Crippen LogP contribution is 2.17. The molecule has 2 N–H and O–H groups in total. The third-order valence-corrected chi connectivity index (χ3v) is 3.68. The van der Waals surface area contributed by atoms with E-state index in [2.05, 4.69) is 20.8 Å². The molecule has 0 aromatic heterocycles. The monoisotopic (exact) mass is 262 g/mol. The van der Waals surface area contributed by atoms with E-state index in [-0.39, 0.29) is 0 Å². The van der Waals surface area contributed by atoms with E-state index in [0.717, 1.165) is 18.3 Å². The van der Waals surface area contributed by atoms with Crippen molar-refractivity contribution < 1.29 is 10.0 Å². The Balaban J connectivity index is 2.27. The molecule has 0 amide bonds. The zero-order chi connectivity index (χ0) is 14.3. The number of hydrogen-bond donors (Lipinski definition) is 2. The van der Waals surface area contributed by atoms with E-state index in [9.17, 15) is 0 Å². The molecule has 0 fully saturated rings. The van der Waals surface area contributed by atoms with Crippen LogP contribution in [0.15, 0.2) is 24.3 Å². The van der Waals surface area contributed by atoms with Crippen LogP contribution in [0.1, 0.15) is 52.0 Å². The van der Waals surface area contributed by atoms with Gasteiger partial charge in [-0.1, -0.05) is 64.3 Å². The van der Waals surface area contributed by atoms with E-state index in [0.29, 0.717) is 5.46 Å². The van der Waals surface area contributed by atoms with Crippen LogP contribution in [0, 0.1) is 11.8 Å². The fourth-order valence-electron chi connectivity index (χ4n) is 2.29. The summed E-state index contributed by atoms with van der Waals surface area (Å²) in [6, 6.07) is 7.58. The van der Waals surface area contributed by atoms with Crippen molar-refractivity contribution in [3.63, 3.8) is 0 Å². The Bertz CT molecular complexity index is 346. The topological polar surface area (TPSA) is 40.5 Å². The Labute approximate surface area is 118 Å². The van der Waals surface area contributed by atoms with E-state index in [1.807, 2.05) is 12.1 Å². The fourth-order valence-corrected chi connectivity index (χ4v) is 2.29. The smallest absolute Gasteiger partial charge is 0.423 e. The Hall–Kier alpha value is -0.795. The van der Waals surface area contributed by atoms with E-state index >= 15 is 0 Å². The second kappa shape index (κ2) is 8.39. The van der Waals surface area contributed by atoms with Crippen LogP contribution >= 0.6 is 0 Å². The summed E-state index contributed by atoms with van der Waals surface area (Å²) in [5.41, 5.74) is 1.84. The van der Waals surface area contributed by atoms with Crippen LogP contribution in [-0.2, 0) is 6.42 Å². The van der Waals surface area contributed by atoms with Gasteiger partial charge in [0.05, 0.1) is 0 Å². The third-order valence-electron chi connectivity index (χ3n) is 3.68. The maximum Gasteiger partial charge on any atom is 0.488 e. The molecule has 1 unspecified atom stereocenters. The molecular formula is C16H27BO2. The molecule has 1 rings (SSSR count). The van der Waals surface area contributed by atoms with Gasteiger partial charge in [-0.25, -0.2) is 0 Å². The van der Waals surface area contributed by atoms with Crippen molar-refractivity contribution in [3.05, 3.63) is 29.8 Å². The molecule has 1 atom stereocenters. The summed E-state index contributed by atoms with van der Waals surface area (Å²) >= 11 is 0. The van der Waals surface area contributed by atoms with Gasteiger partial charge in [0.2, 0.25) is 0 Å². The van der Waals surface area contributed by atoms with Crippen LogP contribution < -0.4 is 5.46 Å². The van der Waals surface area contributed by atoms with Crippen molar-refractivity contribution in [3.8, 4) is 0 Å². The van der Waals surface area contributed by atoms with Crippen molar-refractivity contribution in [1.29, 1.82) is 0 Å². The molecule has 1 aromatic rings. The largest absolute Gasteiger partial charge is 0.488 e. The van der Waals surface area contributed by atoms with Gasteiger partial charge in [0, 0.05) is 0 Å². The highest BCUT2D eigenvalue weighted by Gasteiger charge is 2.10. The number of rotatable bonds is 8. The zero-order valence-electron chi connectivity index (χ0n) is 12.5. The maximum atomic E-state index is 9.03. The molecule has 2 nitrogen and oxygen atoms in total. The van der Waals surface area contributed by atoms with Crippen LogP contribution in [0.3, 0.4) is 0 Å². The van der Waals surface area contributed by atoms with E-state index in [1.54, 1.807) is 12.1 Å². The number of hydrogen-bond acceptors (Lipinski definition) is 2. The first kappa shape index (κ1) is 16.3. The standard InChI is InChI=1S/C16H27BO2/c1-13(2)5-4-6-14(3)7-8-15-9-11-16(12-10-15)17(18)19/h9-14,18-19H,4-8H2,1-3H3. The molecule has 0 heterocycles. The summed E-state index contributed by atoms with van der Waals surface area (Å²) in [7, 11) is -1.36. The molecule has 0 aliphatic rings. The molecule has 106 valence electrons. The van der Waals surface area contributed by atoms with Crippen LogP contribution in [-0.4, -0.2) is 17.2 Å². The lowest BCUT2D eigenvalue weighted by atomic mass is 9.80. The lowest BCUT2D eigenvalue weighted by Gasteiger charge is -2.12. The summed E-state index contributed by atoms with van der Waals surface area (Å²) in [5.74, 6) is 1.58. The summed E-state index contributed by atoms with van der Waals surface area (Å²) in [6.07, 6.45) is 6.25. The molecule has 0 saturated heterocycles. The van der Waals surface area contributed by atoms with Crippen LogP contribution in [0.2, 0.25) is 0 Å². The Morgan fingerprint density at radius 3 is 2.11 bits per heavy atom. The predicted octanol–water partition coefficient (Wildman–Crippen LogP) is 2.76. The van der Waals surface area contributed by atoms with Gasteiger partial charge in [0.25, 0.3) is 0 Å². The molecule has 0 bridgehead atoms. The van der Waals surface area contributed by atoms with Gasteiger partial charge in [-0.2, -0.15) is 0 Å². The average molecular weight is 262 g/mol. The summed E-state index contributed by atoms with van der Waals surface area (Å²) < 4.78 is 0. The molecule has 0 spiro atoms. The highest BCUT2D eigenvalue weighted by atomic mass is 16.4. The van der Waals surface area contributed by atoms with Gasteiger partial charge < -0.3 is 10.0 Å². The average Bonchev–Trinajstić information content (AvgIpc) is 2.36. The second-order valence-electron chi connectivity index (χ2n) is 6.08. The minimum Gasteiger partial charge on any atom is -0.423 e. The maximum absolute atomic E-state index is 9.03. The number of aryl methyl sites for hydroxylation is 1. The van der Waals surface area contributed by atoms with Gasteiger partial charge in [-0.3, -0.25) is 0 Å². The SMILES string of the molecule is CC(C)CCCC(C)CCc1ccc(B(O)O)cc1. The molecule has 1 aromatic carbocycles. The molecule has 0 aliphatic carbocycles. The Morgan fingerprint density at radius 2 is 1.58 bits per heavy atom.